The normalized spacial score (nSPS) is 19.5. The van der Waals surface area contributed by atoms with E-state index in [1.807, 2.05) is 30.3 Å². The summed E-state index contributed by atoms with van der Waals surface area (Å²) in [6.45, 7) is 1.28. The minimum absolute atomic E-state index is 0.303. The molecule has 0 saturated carbocycles. The van der Waals surface area contributed by atoms with Gasteiger partial charge in [-0.3, -0.25) is 14.6 Å². The topological polar surface area (TPSA) is 78.9 Å². The maximum absolute atomic E-state index is 12.0. The zero-order chi connectivity index (χ0) is 13.7. The molecule has 1 amide bonds. The fourth-order valence-electron chi connectivity index (χ4n) is 1.89. The van der Waals surface area contributed by atoms with Crippen LogP contribution in [0, 0.1) is 0 Å². The molecule has 1 aliphatic heterocycles. The summed E-state index contributed by atoms with van der Waals surface area (Å²) in [6, 6.07) is 9.67. The second kappa shape index (κ2) is 6.31. The van der Waals surface area contributed by atoms with E-state index in [9.17, 15) is 9.59 Å². The Balaban J connectivity index is 1.89. The van der Waals surface area contributed by atoms with Crippen LogP contribution < -0.4 is 5.43 Å². The van der Waals surface area contributed by atoms with Crippen LogP contribution in [-0.2, 0) is 20.9 Å². The number of ether oxygens (including phenoxy) is 1. The molecule has 1 aromatic rings. The highest BCUT2D eigenvalue weighted by Gasteiger charge is 2.31. The molecule has 0 spiro atoms. The molecule has 1 aliphatic rings. The zero-order valence-corrected chi connectivity index (χ0v) is 10.4. The van der Waals surface area contributed by atoms with E-state index in [-0.39, 0.29) is 12.3 Å². The van der Waals surface area contributed by atoms with E-state index in [1.165, 1.54) is 5.01 Å². The lowest BCUT2D eigenvalue weighted by atomic mass is 10.2. The summed E-state index contributed by atoms with van der Waals surface area (Å²) in [5, 5.41) is 10.1. The Morgan fingerprint density at radius 1 is 1.42 bits per heavy atom. The number of aliphatic carboxylic acids is 1. The standard InChI is InChI=1S/C13H16N2O4/c16-12(17)8-11-13(18)15(6-7-19-11)14-9-10-4-2-1-3-5-10/h1-5,11,14H,6-9H2,(H,16,17)/t11-/m1/s1. The maximum atomic E-state index is 12.0. The number of rotatable bonds is 5. The van der Waals surface area contributed by atoms with Gasteiger partial charge in [-0.25, -0.2) is 5.43 Å². The van der Waals surface area contributed by atoms with Gasteiger partial charge >= 0.3 is 5.97 Å². The number of nitrogens with zero attached hydrogens (tertiary/aromatic N) is 1. The average molecular weight is 264 g/mol. The molecule has 2 N–H and O–H groups in total. The minimum Gasteiger partial charge on any atom is -0.481 e. The van der Waals surface area contributed by atoms with E-state index in [4.69, 9.17) is 9.84 Å². The Labute approximate surface area is 110 Å². The van der Waals surface area contributed by atoms with Crippen LogP contribution in [0.4, 0.5) is 0 Å². The third kappa shape index (κ3) is 3.77. The van der Waals surface area contributed by atoms with Crippen molar-refractivity contribution in [3.63, 3.8) is 0 Å². The Kier molecular flexibility index (Phi) is 4.48. The van der Waals surface area contributed by atoms with Gasteiger partial charge in [-0.15, -0.1) is 0 Å². The number of benzene rings is 1. The fourth-order valence-corrected chi connectivity index (χ4v) is 1.89. The zero-order valence-electron chi connectivity index (χ0n) is 10.4. The number of nitrogens with one attached hydrogen (secondary N) is 1. The monoisotopic (exact) mass is 264 g/mol. The van der Waals surface area contributed by atoms with Crippen LogP contribution in [0.2, 0.25) is 0 Å². The SMILES string of the molecule is O=C(O)C[C@H]1OCCN(NCc2ccccc2)C1=O. The van der Waals surface area contributed by atoms with Crippen LogP contribution in [0.1, 0.15) is 12.0 Å². The van der Waals surface area contributed by atoms with Crippen molar-refractivity contribution >= 4 is 11.9 Å². The van der Waals surface area contributed by atoms with Gasteiger partial charge < -0.3 is 9.84 Å². The summed E-state index contributed by atoms with van der Waals surface area (Å²) in [7, 11) is 0. The number of carboxylic acids is 1. The van der Waals surface area contributed by atoms with E-state index in [2.05, 4.69) is 5.43 Å². The number of amides is 1. The molecule has 19 heavy (non-hydrogen) atoms. The first-order valence-electron chi connectivity index (χ1n) is 6.09. The molecule has 0 aromatic heterocycles. The van der Waals surface area contributed by atoms with Gasteiger partial charge in [-0.05, 0) is 5.56 Å². The summed E-state index contributed by atoms with van der Waals surface area (Å²) < 4.78 is 5.17. The lowest BCUT2D eigenvalue weighted by Gasteiger charge is -2.32. The minimum atomic E-state index is -1.04. The molecule has 1 atom stereocenters. The van der Waals surface area contributed by atoms with Gasteiger partial charge in [-0.2, -0.15) is 0 Å². The molecule has 0 unspecified atom stereocenters. The highest BCUT2D eigenvalue weighted by atomic mass is 16.5. The van der Waals surface area contributed by atoms with Crippen molar-refractivity contribution in [1.29, 1.82) is 0 Å². The van der Waals surface area contributed by atoms with Crippen molar-refractivity contribution < 1.29 is 19.4 Å². The van der Waals surface area contributed by atoms with E-state index in [1.54, 1.807) is 0 Å². The molecule has 1 fully saturated rings. The molecule has 2 rings (SSSR count). The van der Waals surface area contributed by atoms with E-state index in [0.29, 0.717) is 19.7 Å². The molecule has 1 heterocycles. The predicted octanol–water partition coefficient (Wildman–Crippen LogP) is 0.393. The molecular formula is C13H16N2O4. The number of carboxylic acid groups (broad SMARTS) is 1. The van der Waals surface area contributed by atoms with Crippen LogP contribution in [0.15, 0.2) is 30.3 Å². The highest BCUT2D eigenvalue weighted by Crippen LogP contribution is 2.09. The predicted molar refractivity (Wildman–Crippen MR) is 67.0 cm³/mol. The van der Waals surface area contributed by atoms with E-state index >= 15 is 0 Å². The van der Waals surface area contributed by atoms with Crippen molar-refractivity contribution in [2.24, 2.45) is 0 Å². The van der Waals surface area contributed by atoms with Gasteiger partial charge in [0.1, 0.15) is 6.10 Å². The molecule has 6 heteroatoms. The van der Waals surface area contributed by atoms with Gasteiger partial charge in [0.25, 0.3) is 5.91 Å². The third-order valence-electron chi connectivity index (χ3n) is 2.85. The summed E-state index contributed by atoms with van der Waals surface area (Å²) in [5.74, 6) is -1.37. The van der Waals surface area contributed by atoms with Gasteiger partial charge in [-0.1, -0.05) is 30.3 Å². The number of hydrogen-bond donors (Lipinski definition) is 2. The lowest BCUT2D eigenvalue weighted by molar-refractivity contribution is -0.163. The first-order valence-corrected chi connectivity index (χ1v) is 6.09. The number of carbonyl (C=O) groups is 2. The third-order valence-corrected chi connectivity index (χ3v) is 2.85. The first-order chi connectivity index (χ1) is 9.16. The quantitative estimate of drug-likeness (QED) is 0.804. The second-order valence-corrected chi connectivity index (χ2v) is 4.27. The average Bonchev–Trinajstić information content (AvgIpc) is 2.40. The van der Waals surface area contributed by atoms with E-state index in [0.717, 1.165) is 5.56 Å². The molecule has 102 valence electrons. The summed E-state index contributed by atoms with van der Waals surface area (Å²) in [5.41, 5.74) is 4.05. The van der Waals surface area contributed by atoms with Crippen LogP contribution in [-0.4, -0.2) is 41.2 Å². The molecule has 6 nitrogen and oxygen atoms in total. The Hall–Kier alpha value is -1.92. The van der Waals surface area contributed by atoms with Crippen molar-refractivity contribution in [1.82, 2.24) is 10.4 Å². The maximum Gasteiger partial charge on any atom is 0.306 e. The number of morpholine rings is 1. The molecular weight excluding hydrogens is 248 g/mol. The van der Waals surface area contributed by atoms with Crippen LogP contribution in [0.25, 0.3) is 0 Å². The summed E-state index contributed by atoms with van der Waals surface area (Å²) >= 11 is 0. The van der Waals surface area contributed by atoms with Crippen molar-refractivity contribution in [2.45, 2.75) is 19.1 Å². The van der Waals surface area contributed by atoms with Gasteiger partial charge in [0.2, 0.25) is 0 Å². The largest absolute Gasteiger partial charge is 0.481 e. The van der Waals surface area contributed by atoms with Crippen LogP contribution in [0.5, 0.6) is 0 Å². The summed E-state index contributed by atoms with van der Waals surface area (Å²) in [6.07, 6.45) is -1.20. The Morgan fingerprint density at radius 2 is 2.16 bits per heavy atom. The fraction of sp³-hybridized carbons (Fsp3) is 0.385. The van der Waals surface area contributed by atoms with Gasteiger partial charge in [0.15, 0.2) is 0 Å². The Morgan fingerprint density at radius 3 is 2.84 bits per heavy atom. The van der Waals surface area contributed by atoms with Gasteiger partial charge in [0.05, 0.1) is 19.6 Å². The van der Waals surface area contributed by atoms with Crippen LogP contribution in [0.3, 0.4) is 0 Å². The molecule has 1 saturated heterocycles. The van der Waals surface area contributed by atoms with Gasteiger partial charge in [0, 0.05) is 6.54 Å². The second-order valence-electron chi connectivity index (χ2n) is 4.27. The molecule has 1 aromatic carbocycles. The number of carbonyl (C=O) groups excluding carboxylic acids is 1. The smallest absolute Gasteiger partial charge is 0.306 e. The van der Waals surface area contributed by atoms with Crippen molar-refractivity contribution in [2.75, 3.05) is 13.2 Å². The molecule has 0 aliphatic carbocycles. The van der Waals surface area contributed by atoms with E-state index < -0.39 is 12.1 Å². The number of hydrogen-bond acceptors (Lipinski definition) is 4. The number of hydrazine groups is 1. The molecule has 0 radical (unpaired) electrons. The van der Waals surface area contributed by atoms with Crippen molar-refractivity contribution in [3.8, 4) is 0 Å². The van der Waals surface area contributed by atoms with Crippen LogP contribution >= 0.6 is 0 Å². The highest BCUT2D eigenvalue weighted by molar-refractivity contribution is 5.85. The lowest BCUT2D eigenvalue weighted by Crippen LogP contribution is -2.54. The molecule has 0 bridgehead atoms. The Bertz CT molecular complexity index is 449. The van der Waals surface area contributed by atoms with Crippen molar-refractivity contribution in [3.05, 3.63) is 35.9 Å². The first kappa shape index (κ1) is 13.5. The summed E-state index contributed by atoms with van der Waals surface area (Å²) in [4.78, 5) is 22.6.